The monoisotopic (exact) mass is 767 g/mol. The van der Waals surface area contributed by atoms with Gasteiger partial charge in [0.25, 0.3) is 0 Å². The first-order valence-electron chi connectivity index (χ1n) is 19.8. The van der Waals surface area contributed by atoms with Crippen molar-refractivity contribution in [3.63, 3.8) is 0 Å². The van der Waals surface area contributed by atoms with Gasteiger partial charge in [0.15, 0.2) is 29.1 Å². The van der Waals surface area contributed by atoms with Crippen LogP contribution in [0.15, 0.2) is 200 Å². The second-order valence-corrected chi connectivity index (χ2v) is 14.5. The van der Waals surface area contributed by atoms with Crippen molar-refractivity contribution < 1.29 is 0 Å². The lowest BCUT2D eigenvalue weighted by Gasteiger charge is -2.14. The summed E-state index contributed by atoms with van der Waals surface area (Å²) in [5, 5.41) is 5.58. The van der Waals surface area contributed by atoms with Crippen molar-refractivity contribution in [3.8, 4) is 79.6 Å². The number of rotatable bonds is 7. The lowest BCUT2D eigenvalue weighted by molar-refractivity contribution is 1.05. The number of hydrogen-bond donors (Lipinski definition) is 0. The number of fused-ring (bicyclic) bond motifs is 4. The minimum atomic E-state index is 0.447. The quantitative estimate of drug-likeness (QED) is 0.149. The SMILES string of the molecule is c1ccc(-c2nc(-c3nc(-c4ccccc4)nc(-c4ccc(-c5nc(-c6ccccc6)nc6ccccc56)cc4)n3)cc(-c3cc4ccccc4c4ccccc34)n2)cc1. The molecule has 7 heteroatoms. The Hall–Kier alpha value is -8.29. The zero-order chi connectivity index (χ0) is 39.8. The molecule has 0 saturated carbocycles. The van der Waals surface area contributed by atoms with Gasteiger partial charge < -0.3 is 0 Å². The molecule has 11 rings (SSSR count). The second-order valence-electron chi connectivity index (χ2n) is 14.5. The molecule has 0 fully saturated rings. The molecule has 0 spiro atoms. The van der Waals surface area contributed by atoms with E-state index in [-0.39, 0.29) is 0 Å². The van der Waals surface area contributed by atoms with E-state index in [1.807, 2.05) is 127 Å². The summed E-state index contributed by atoms with van der Waals surface area (Å²) in [6.07, 6.45) is 0. The van der Waals surface area contributed by atoms with Gasteiger partial charge in [-0.15, -0.1) is 0 Å². The highest BCUT2D eigenvalue weighted by atomic mass is 15.1. The molecule has 0 aliphatic carbocycles. The Kier molecular flexibility index (Phi) is 8.67. The van der Waals surface area contributed by atoms with Gasteiger partial charge in [0.1, 0.15) is 5.69 Å². The van der Waals surface area contributed by atoms with E-state index >= 15 is 0 Å². The van der Waals surface area contributed by atoms with Crippen molar-refractivity contribution in [2.45, 2.75) is 0 Å². The Morgan fingerprint density at radius 1 is 0.250 bits per heavy atom. The summed E-state index contributed by atoms with van der Waals surface area (Å²) >= 11 is 0. The maximum atomic E-state index is 5.21. The molecule has 0 aliphatic heterocycles. The summed E-state index contributed by atoms with van der Waals surface area (Å²) in [6.45, 7) is 0. The predicted octanol–water partition coefficient (Wildman–Crippen LogP) is 12.6. The Morgan fingerprint density at radius 2 is 0.700 bits per heavy atom. The van der Waals surface area contributed by atoms with Crippen molar-refractivity contribution in [3.05, 3.63) is 200 Å². The fourth-order valence-electron chi connectivity index (χ4n) is 7.81. The first-order valence-corrected chi connectivity index (χ1v) is 19.8. The second kappa shape index (κ2) is 14.9. The van der Waals surface area contributed by atoms with E-state index < -0.39 is 0 Å². The molecule has 0 saturated heterocycles. The number of aromatic nitrogens is 7. The molecular formula is C53H33N7. The largest absolute Gasteiger partial charge is 0.228 e. The van der Waals surface area contributed by atoms with Gasteiger partial charge in [-0.1, -0.05) is 182 Å². The van der Waals surface area contributed by atoms with Gasteiger partial charge in [0, 0.05) is 38.8 Å². The first kappa shape index (κ1) is 34.9. The van der Waals surface area contributed by atoms with Crippen LogP contribution in [-0.4, -0.2) is 34.9 Å². The maximum Gasteiger partial charge on any atom is 0.182 e. The van der Waals surface area contributed by atoms with E-state index in [2.05, 4.69) is 72.8 Å². The third-order valence-electron chi connectivity index (χ3n) is 10.8. The molecule has 0 amide bonds. The van der Waals surface area contributed by atoms with E-state index in [1.165, 1.54) is 5.39 Å². The maximum absolute atomic E-state index is 5.21. The first-order chi connectivity index (χ1) is 29.7. The Morgan fingerprint density at radius 3 is 1.35 bits per heavy atom. The number of para-hydroxylation sites is 1. The number of nitrogens with zero attached hydrogens (tertiary/aromatic N) is 7. The van der Waals surface area contributed by atoms with Crippen LogP contribution in [0, 0.1) is 0 Å². The lowest BCUT2D eigenvalue weighted by atomic mass is 9.95. The standard InChI is InChI=1S/C53H33N7/c1-4-16-35(17-5-1)49-55-46(44-32-39-22-10-11-23-40(39)41-24-12-13-25-42(41)44)33-47(56-49)53-59-51(37-20-8-3-9-21-37)58-52(60-53)38-30-28-34(29-31-38)48-43-26-14-15-27-45(43)54-50(57-48)36-18-6-2-7-19-36/h1-33H. The van der Waals surface area contributed by atoms with Crippen LogP contribution < -0.4 is 0 Å². The summed E-state index contributed by atoms with van der Waals surface area (Å²) in [5.74, 6) is 2.79. The molecule has 0 N–H and O–H groups in total. The number of hydrogen-bond acceptors (Lipinski definition) is 7. The topological polar surface area (TPSA) is 90.2 Å². The third-order valence-corrected chi connectivity index (χ3v) is 10.8. The Bertz CT molecular complexity index is 3360. The van der Waals surface area contributed by atoms with E-state index in [4.69, 9.17) is 34.9 Å². The van der Waals surface area contributed by atoms with Crippen LogP contribution in [0.1, 0.15) is 0 Å². The van der Waals surface area contributed by atoms with E-state index in [1.54, 1.807) is 0 Å². The summed E-state index contributed by atoms with van der Waals surface area (Å²) in [6, 6.07) is 67.7. The molecule has 0 atom stereocenters. The summed E-state index contributed by atoms with van der Waals surface area (Å²) in [4.78, 5) is 35.6. The molecule has 11 aromatic rings. The Balaban J connectivity index is 1.08. The fraction of sp³-hybridized carbons (Fsp3) is 0. The van der Waals surface area contributed by atoms with Crippen LogP contribution in [0.2, 0.25) is 0 Å². The highest BCUT2D eigenvalue weighted by molar-refractivity contribution is 6.13. The summed E-state index contributed by atoms with van der Waals surface area (Å²) < 4.78 is 0. The smallest absolute Gasteiger partial charge is 0.182 e. The minimum absolute atomic E-state index is 0.447. The zero-order valence-electron chi connectivity index (χ0n) is 32.2. The van der Waals surface area contributed by atoms with Crippen LogP contribution in [0.3, 0.4) is 0 Å². The third kappa shape index (κ3) is 6.50. The van der Waals surface area contributed by atoms with Crippen molar-refractivity contribution in [1.29, 1.82) is 0 Å². The average molecular weight is 768 g/mol. The van der Waals surface area contributed by atoms with E-state index in [0.717, 1.165) is 71.8 Å². The zero-order valence-corrected chi connectivity index (χ0v) is 32.2. The van der Waals surface area contributed by atoms with Crippen LogP contribution >= 0.6 is 0 Å². The molecule has 60 heavy (non-hydrogen) atoms. The van der Waals surface area contributed by atoms with Gasteiger partial charge in [-0.3, -0.25) is 0 Å². The molecule has 3 aromatic heterocycles. The Labute approximate surface area is 345 Å². The van der Waals surface area contributed by atoms with Gasteiger partial charge in [-0.05, 0) is 39.7 Å². The van der Waals surface area contributed by atoms with Crippen molar-refractivity contribution in [1.82, 2.24) is 34.9 Å². The molecule has 0 radical (unpaired) electrons. The highest BCUT2D eigenvalue weighted by Gasteiger charge is 2.19. The fourth-order valence-corrected chi connectivity index (χ4v) is 7.81. The van der Waals surface area contributed by atoms with Crippen LogP contribution in [0.5, 0.6) is 0 Å². The van der Waals surface area contributed by atoms with E-state index in [9.17, 15) is 0 Å². The number of benzene rings is 8. The summed E-state index contributed by atoms with van der Waals surface area (Å²) in [7, 11) is 0. The van der Waals surface area contributed by atoms with Crippen LogP contribution in [-0.2, 0) is 0 Å². The lowest BCUT2D eigenvalue weighted by Crippen LogP contribution is -2.03. The molecular weight excluding hydrogens is 735 g/mol. The highest BCUT2D eigenvalue weighted by Crippen LogP contribution is 2.37. The normalized spacial score (nSPS) is 11.3. The minimum Gasteiger partial charge on any atom is -0.228 e. The summed E-state index contributed by atoms with van der Waals surface area (Å²) in [5.41, 5.74) is 8.64. The molecule has 0 bridgehead atoms. The van der Waals surface area contributed by atoms with Crippen molar-refractivity contribution in [2.75, 3.05) is 0 Å². The van der Waals surface area contributed by atoms with Crippen molar-refractivity contribution in [2.24, 2.45) is 0 Å². The molecule has 280 valence electrons. The van der Waals surface area contributed by atoms with Gasteiger partial charge in [0.2, 0.25) is 0 Å². The van der Waals surface area contributed by atoms with Crippen molar-refractivity contribution >= 4 is 32.4 Å². The predicted molar refractivity (Wildman–Crippen MR) is 242 cm³/mol. The van der Waals surface area contributed by atoms with Crippen LogP contribution in [0.25, 0.3) is 112 Å². The molecule has 0 aliphatic rings. The molecule has 8 aromatic carbocycles. The molecule has 0 unspecified atom stereocenters. The van der Waals surface area contributed by atoms with Crippen LogP contribution in [0.4, 0.5) is 0 Å². The van der Waals surface area contributed by atoms with Gasteiger partial charge in [0.05, 0.1) is 16.9 Å². The van der Waals surface area contributed by atoms with E-state index in [0.29, 0.717) is 34.8 Å². The van der Waals surface area contributed by atoms with Gasteiger partial charge in [-0.2, -0.15) is 0 Å². The van der Waals surface area contributed by atoms with Gasteiger partial charge in [-0.25, -0.2) is 34.9 Å². The average Bonchev–Trinajstić information content (AvgIpc) is 3.34. The molecule has 3 heterocycles. The van der Waals surface area contributed by atoms with Gasteiger partial charge >= 0.3 is 0 Å². The molecule has 7 nitrogen and oxygen atoms in total.